The van der Waals surface area contributed by atoms with Gasteiger partial charge >= 0.3 is 0 Å². The van der Waals surface area contributed by atoms with Crippen molar-refractivity contribution in [1.29, 1.82) is 0 Å². The Morgan fingerprint density at radius 3 is 2.65 bits per heavy atom. The van der Waals surface area contributed by atoms with Gasteiger partial charge in [0.05, 0.1) is 0 Å². The van der Waals surface area contributed by atoms with E-state index in [2.05, 4.69) is 35.2 Å². The third-order valence-corrected chi connectivity index (χ3v) is 4.30. The minimum atomic E-state index is 0.466. The summed E-state index contributed by atoms with van der Waals surface area (Å²) in [4.78, 5) is 2.37. The Morgan fingerprint density at radius 2 is 1.80 bits per heavy atom. The number of rotatable bonds is 2. The summed E-state index contributed by atoms with van der Waals surface area (Å²) in [6.45, 7) is 1.48. The quantitative estimate of drug-likeness (QED) is 0.893. The van der Waals surface area contributed by atoms with Crippen LogP contribution >= 0.6 is 11.6 Å². The number of hydrogen-bond donors (Lipinski definition) is 1. The van der Waals surface area contributed by atoms with Gasteiger partial charge in [-0.3, -0.25) is 0 Å². The van der Waals surface area contributed by atoms with Gasteiger partial charge in [-0.1, -0.05) is 35.9 Å². The number of hydrogen-bond acceptors (Lipinski definition) is 2. The first-order valence-corrected chi connectivity index (χ1v) is 7.52. The van der Waals surface area contributed by atoms with Crippen molar-refractivity contribution in [2.24, 2.45) is 5.73 Å². The molecular weight excluding hydrogens is 268 g/mol. The van der Waals surface area contributed by atoms with E-state index in [1.54, 1.807) is 0 Å². The lowest BCUT2D eigenvalue weighted by Gasteiger charge is -2.27. The molecule has 3 heteroatoms. The number of halogens is 1. The van der Waals surface area contributed by atoms with Crippen molar-refractivity contribution in [2.75, 3.05) is 11.4 Å². The van der Waals surface area contributed by atoms with Gasteiger partial charge in [0.15, 0.2) is 0 Å². The second-order valence-electron chi connectivity index (χ2n) is 5.18. The molecule has 0 saturated heterocycles. The van der Waals surface area contributed by atoms with Crippen molar-refractivity contribution in [3.8, 4) is 0 Å². The van der Waals surface area contributed by atoms with Gasteiger partial charge in [0.25, 0.3) is 0 Å². The maximum atomic E-state index is 6.31. The van der Waals surface area contributed by atoms with E-state index in [1.807, 2.05) is 12.1 Å². The first-order chi connectivity index (χ1) is 9.81. The molecule has 2 N–H and O–H groups in total. The Hall–Kier alpha value is -1.51. The zero-order valence-electron chi connectivity index (χ0n) is 11.5. The maximum Gasteiger partial charge on any atom is 0.0471 e. The van der Waals surface area contributed by atoms with Crippen LogP contribution in [0.15, 0.2) is 42.5 Å². The highest BCUT2D eigenvalue weighted by atomic mass is 35.5. The molecular formula is C17H19ClN2. The summed E-state index contributed by atoms with van der Waals surface area (Å²) in [5, 5.41) is 0.756. The predicted molar refractivity (Wildman–Crippen MR) is 85.7 cm³/mol. The van der Waals surface area contributed by atoms with E-state index in [0.717, 1.165) is 29.2 Å². The molecule has 1 heterocycles. The van der Waals surface area contributed by atoms with Crippen LogP contribution in [0.1, 0.15) is 24.0 Å². The van der Waals surface area contributed by atoms with Gasteiger partial charge in [0.2, 0.25) is 0 Å². The standard InChI is InChI=1S/C17H19ClN2/c18-15-8-5-10-17(14(15)12-19)20-11-4-3-7-13-6-1-2-9-16(13)20/h1-2,5-6,8-10H,3-4,7,11-12,19H2. The molecule has 20 heavy (non-hydrogen) atoms. The molecule has 2 aromatic rings. The van der Waals surface area contributed by atoms with Gasteiger partial charge in [-0.25, -0.2) is 0 Å². The largest absolute Gasteiger partial charge is 0.341 e. The van der Waals surface area contributed by atoms with Crippen LogP contribution in [-0.2, 0) is 13.0 Å². The molecule has 0 radical (unpaired) electrons. The molecule has 0 bridgehead atoms. The van der Waals surface area contributed by atoms with Gasteiger partial charge in [-0.2, -0.15) is 0 Å². The second kappa shape index (κ2) is 5.86. The van der Waals surface area contributed by atoms with Crippen molar-refractivity contribution < 1.29 is 0 Å². The maximum absolute atomic E-state index is 6.31. The van der Waals surface area contributed by atoms with Crippen LogP contribution in [0, 0.1) is 0 Å². The lowest BCUT2D eigenvalue weighted by Crippen LogP contribution is -2.20. The summed E-state index contributed by atoms with van der Waals surface area (Å²) in [5.41, 5.74) is 10.8. The van der Waals surface area contributed by atoms with Crippen LogP contribution in [0.5, 0.6) is 0 Å². The molecule has 0 atom stereocenters. The Bertz CT molecular complexity index is 610. The summed E-state index contributed by atoms with van der Waals surface area (Å²) in [6.07, 6.45) is 3.56. The topological polar surface area (TPSA) is 29.3 Å². The smallest absolute Gasteiger partial charge is 0.0471 e. The van der Waals surface area contributed by atoms with E-state index in [0.29, 0.717) is 6.54 Å². The molecule has 0 amide bonds. The number of anilines is 2. The highest BCUT2D eigenvalue weighted by Crippen LogP contribution is 2.36. The van der Waals surface area contributed by atoms with E-state index >= 15 is 0 Å². The molecule has 3 rings (SSSR count). The monoisotopic (exact) mass is 286 g/mol. The van der Waals surface area contributed by atoms with Crippen molar-refractivity contribution in [3.63, 3.8) is 0 Å². The number of benzene rings is 2. The first-order valence-electron chi connectivity index (χ1n) is 7.14. The summed E-state index contributed by atoms with van der Waals surface area (Å²) in [6, 6.07) is 14.7. The van der Waals surface area contributed by atoms with E-state index in [9.17, 15) is 0 Å². The van der Waals surface area contributed by atoms with Gasteiger partial charge in [0.1, 0.15) is 0 Å². The van der Waals surface area contributed by atoms with Gasteiger partial charge in [-0.05, 0) is 43.0 Å². The Kier molecular flexibility index (Phi) is 3.95. The molecule has 0 unspecified atom stereocenters. The highest BCUT2D eigenvalue weighted by Gasteiger charge is 2.19. The van der Waals surface area contributed by atoms with E-state index in [-0.39, 0.29) is 0 Å². The zero-order valence-corrected chi connectivity index (χ0v) is 12.2. The number of nitrogens with two attached hydrogens (primary N) is 1. The van der Waals surface area contributed by atoms with Crippen LogP contribution in [0.4, 0.5) is 11.4 Å². The minimum absolute atomic E-state index is 0.466. The molecule has 0 aromatic heterocycles. The average Bonchev–Trinajstić information content (AvgIpc) is 2.69. The Balaban J connectivity index is 2.12. The third kappa shape index (κ3) is 2.41. The summed E-state index contributed by atoms with van der Waals surface area (Å²) in [7, 11) is 0. The second-order valence-corrected chi connectivity index (χ2v) is 5.59. The number of aryl methyl sites for hydroxylation is 1. The van der Waals surface area contributed by atoms with E-state index in [1.165, 1.54) is 24.1 Å². The SMILES string of the molecule is NCc1c(Cl)cccc1N1CCCCc2ccccc21. The Labute approximate surface area is 125 Å². The van der Waals surface area contributed by atoms with Crippen molar-refractivity contribution in [1.82, 2.24) is 0 Å². The number of fused-ring (bicyclic) bond motifs is 1. The lowest BCUT2D eigenvalue weighted by molar-refractivity contribution is 0.759. The summed E-state index contributed by atoms with van der Waals surface area (Å²) >= 11 is 6.31. The molecule has 0 fully saturated rings. The number of nitrogens with zero attached hydrogens (tertiary/aromatic N) is 1. The first kappa shape index (κ1) is 13.5. The van der Waals surface area contributed by atoms with Crippen LogP contribution in [-0.4, -0.2) is 6.54 Å². The van der Waals surface area contributed by atoms with Gasteiger partial charge in [0, 0.05) is 35.1 Å². The molecule has 2 aromatic carbocycles. The minimum Gasteiger partial charge on any atom is -0.341 e. The fourth-order valence-electron chi connectivity index (χ4n) is 2.94. The summed E-state index contributed by atoms with van der Waals surface area (Å²) in [5.74, 6) is 0. The molecule has 1 aliphatic heterocycles. The zero-order chi connectivity index (χ0) is 13.9. The van der Waals surface area contributed by atoms with Crippen LogP contribution in [0.2, 0.25) is 5.02 Å². The lowest BCUT2D eigenvalue weighted by atomic mass is 10.1. The predicted octanol–water partition coefficient (Wildman–Crippen LogP) is 4.27. The van der Waals surface area contributed by atoms with E-state index < -0.39 is 0 Å². The van der Waals surface area contributed by atoms with Crippen molar-refractivity contribution in [2.45, 2.75) is 25.8 Å². The van der Waals surface area contributed by atoms with Crippen molar-refractivity contribution >= 4 is 23.0 Å². The van der Waals surface area contributed by atoms with Gasteiger partial charge < -0.3 is 10.6 Å². The van der Waals surface area contributed by atoms with Crippen LogP contribution in [0.3, 0.4) is 0 Å². The third-order valence-electron chi connectivity index (χ3n) is 3.95. The Morgan fingerprint density at radius 1 is 1.00 bits per heavy atom. The van der Waals surface area contributed by atoms with Gasteiger partial charge in [-0.15, -0.1) is 0 Å². The molecule has 0 spiro atoms. The molecule has 0 saturated carbocycles. The fourth-order valence-corrected chi connectivity index (χ4v) is 3.19. The normalized spacial score (nSPS) is 14.8. The summed E-state index contributed by atoms with van der Waals surface area (Å²) < 4.78 is 0. The fraction of sp³-hybridized carbons (Fsp3) is 0.294. The van der Waals surface area contributed by atoms with Crippen LogP contribution < -0.4 is 10.6 Å². The van der Waals surface area contributed by atoms with Crippen LogP contribution in [0.25, 0.3) is 0 Å². The van der Waals surface area contributed by atoms with E-state index in [4.69, 9.17) is 17.3 Å². The highest BCUT2D eigenvalue weighted by molar-refractivity contribution is 6.31. The molecule has 1 aliphatic rings. The van der Waals surface area contributed by atoms with Crippen molar-refractivity contribution in [3.05, 3.63) is 58.6 Å². The molecule has 2 nitrogen and oxygen atoms in total. The molecule has 104 valence electrons. The average molecular weight is 287 g/mol. The number of para-hydroxylation sites is 1. The molecule has 0 aliphatic carbocycles.